The quantitative estimate of drug-likeness (QED) is 0.276. The van der Waals surface area contributed by atoms with E-state index in [9.17, 15) is 24.3 Å². The van der Waals surface area contributed by atoms with Crippen LogP contribution in [0.25, 0.3) is 10.9 Å². The van der Waals surface area contributed by atoms with Crippen LogP contribution in [0.4, 0.5) is 4.79 Å². The van der Waals surface area contributed by atoms with Crippen molar-refractivity contribution >= 4 is 35.2 Å². The third kappa shape index (κ3) is 5.42. The van der Waals surface area contributed by atoms with Gasteiger partial charge in [-0.25, -0.2) is 14.4 Å². The predicted molar refractivity (Wildman–Crippen MR) is 133 cm³/mol. The monoisotopic (exact) mass is 508 g/mol. The number of aromatic nitrogens is 1. The van der Waals surface area contributed by atoms with Gasteiger partial charge in [0.15, 0.2) is 12.3 Å². The molecular weight excluding hydrogens is 480 g/mol. The molecule has 37 heavy (non-hydrogen) atoms. The van der Waals surface area contributed by atoms with Gasteiger partial charge in [0.2, 0.25) is 0 Å². The maximum Gasteiger partial charge on any atom is 0.411 e. The summed E-state index contributed by atoms with van der Waals surface area (Å²) in [4.78, 5) is 50.0. The van der Waals surface area contributed by atoms with E-state index in [1.165, 1.54) is 13.2 Å². The molecule has 194 valence electrons. The number of amides is 1. The standard InChI is InChI=1S/C27H28N2O8/c1-27(2,3)37-26(34)29-20(23(29)24(31)32)13-28-12-18(14-30)22-19(28)10-17(25(33)35-4)11-21(22)36-15-16-8-6-5-7-9-16/h5-12,14,20,23H,13,15H2,1-4H3,(H,31,32)/t20-,23+,29?/m0/s1. The molecule has 3 aromatic rings. The number of aldehydes is 1. The topological polar surface area (TPSA) is 124 Å². The second-order valence-corrected chi connectivity index (χ2v) is 9.73. The van der Waals surface area contributed by atoms with Crippen molar-refractivity contribution in [2.75, 3.05) is 7.11 Å². The van der Waals surface area contributed by atoms with Gasteiger partial charge >= 0.3 is 18.0 Å². The highest BCUT2D eigenvalue weighted by atomic mass is 16.6. The summed E-state index contributed by atoms with van der Waals surface area (Å²) in [6.07, 6.45) is 1.48. The minimum absolute atomic E-state index is 0.0588. The van der Waals surface area contributed by atoms with Gasteiger partial charge in [0.1, 0.15) is 18.0 Å². The van der Waals surface area contributed by atoms with Crippen molar-refractivity contribution in [1.29, 1.82) is 0 Å². The van der Waals surface area contributed by atoms with Gasteiger partial charge in [-0.3, -0.25) is 9.69 Å². The zero-order chi connectivity index (χ0) is 26.9. The summed E-state index contributed by atoms with van der Waals surface area (Å²) in [6, 6.07) is 10.7. The summed E-state index contributed by atoms with van der Waals surface area (Å²) in [5.41, 5.74) is 1.06. The van der Waals surface area contributed by atoms with Crippen LogP contribution in [0.1, 0.15) is 47.1 Å². The van der Waals surface area contributed by atoms with Crippen LogP contribution in [0.5, 0.6) is 5.75 Å². The zero-order valence-corrected chi connectivity index (χ0v) is 21.0. The highest BCUT2D eigenvalue weighted by Crippen LogP contribution is 2.37. The Balaban J connectivity index is 1.72. The Labute approximate surface area is 213 Å². The van der Waals surface area contributed by atoms with Crippen LogP contribution >= 0.6 is 0 Å². The van der Waals surface area contributed by atoms with E-state index in [1.807, 2.05) is 30.3 Å². The van der Waals surface area contributed by atoms with Gasteiger partial charge in [-0.1, -0.05) is 30.3 Å². The fourth-order valence-corrected chi connectivity index (χ4v) is 4.26. The molecule has 1 aliphatic rings. The molecule has 0 bridgehead atoms. The second kappa shape index (κ2) is 9.96. The van der Waals surface area contributed by atoms with E-state index in [1.54, 1.807) is 37.6 Å². The van der Waals surface area contributed by atoms with Crippen LogP contribution in [-0.2, 0) is 27.4 Å². The van der Waals surface area contributed by atoms with E-state index >= 15 is 0 Å². The van der Waals surface area contributed by atoms with E-state index in [4.69, 9.17) is 14.2 Å². The van der Waals surface area contributed by atoms with E-state index in [0.29, 0.717) is 28.5 Å². The van der Waals surface area contributed by atoms with Gasteiger partial charge < -0.3 is 23.9 Å². The number of rotatable bonds is 8. The van der Waals surface area contributed by atoms with Crippen molar-refractivity contribution in [1.82, 2.24) is 9.47 Å². The number of carboxylic acid groups (broad SMARTS) is 1. The molecule has 2 heterocycles. The minimum atomic E-state index is -1.16. The molecule has 1 amide bonds. The molecule has 0 aliphatic carbocycles. The molecule has 1 fully saturated rings. The van der Waals surface area contributed by atoms with Crippen molar-refractivity contribution in [3.8, 4) is 5.75 Å². The van der Waals surface area contributed by atoms with E-state index < -0.39 is 35.7 Å². The van der Waals surface area contributed by atoms with Crippen LogP contribution in [0.3, 0.4) is 0 Å². The van der Waals surface area contributed by atoms with Gasteiger partial charge in [0.25, 0.3) is 0 Å². The lowest BCUT2D eigenvalue weighted by atomic mass is 10.1. The van der Waals surface area contributed by atoms with Crippen LogP contribution in [-0.4, -0.2) is 63.7 Å². The lowest BCUT2D eigenvalue weighted by molar-refractivity contribution is -0.137. The molecule has 10 nitrogen and oxygen atoms in total. The number of hydrogen-bond acceptors (Lipinski definition) is 7. The number of methoxy groups -OCH3 is 1. The molecule has 0 radical (unpaired) electrons. The van der Waals surface area contributed by atoms with Crippen molar-refractivity contribution in [2.45, 2.75) is 51.6 Å². The van der Waals surface area contributed by atoms with Gasteiger partial charge in [0.05, 0.1) is 29.6 Å². The molecule has 4 rings (SSSR count). The van der Waals surface area contributed by atoms with E-state index in [0.717, 1.165) is 10.5 Å². The normalized spacial score (nSPS) is 16.8. The Morgan fingerprint density at radius 2 is 1.81 bits per heavy atom. The molecule has 10 heteroatoms. The Hall–Kier alpha value is -4.34. The number of carboxylic acids is 1. The Morgan fingerprint density at radius 3 is 2.41 bits per heavy atom. The second-order valence-electron chi connectivity index (χ2n) is 9.73. The smallest absolute Gasteiger partial charge is 0.411 e. The summed E-state index contributed by atoms with van der Waals surface area (Å²) in [5.74, 6) is -1.46. The number of esters is 1. The third-order valence-electron chi connectivity index (χ3n) is 5.93. The summed E-state index contributed by atoms with van der Waals surface area (Å²) >= 11 is 0. The van der Waals surface area contributed by atoms with Crippen molar-refractivity contribution in [3.05, 3.63) is 65.4 Å². The average molecular weight is 509 g/mol. The number of benzene rings is 2. The molecule has 1 aliphatic heterocycles. The van der Waals surface area contributed by atoms with Crippen LogP contribution < -0.4 is 4.74 Å². The maximum absolute atomic E-state index is 12.6. The summed E-state index contributed by atoms with van der Waals surface area (Å²) in [5, 5.41) is 10.1. The number of fused-ring (bicyclic) bond motifs is 1. The first-order chi connectivity index (χ1) is 17.5. The Bertz CT molecular complexity index is 1360. The van der Waals surface area contributed by atoms with Crippen molar-refractivity contribution < 1.29 is 38.5 Å². The molecule has 0 spiro atoms. The van der Waals surface area contributed by atoms with Crippen LogP contribution in [0, 0.1) is 0 Å². The van der Waals surface area contributed by atoms with Crippen molar-refractivity contribution in [3.63, 3.8) is 0 Å². The molecule has 2 atom stereocenters. The fraction of sp³-hybridized carbons (Fsp3) is 0.333. The van der Waals surface area contributed by atoms with Crippen LogP contribution in [0.15, 0.2) is 48.7 Å². The number of carbonyl (C=O) groups excluding carboxylic acids is 3. The number of nitrogens with zero attached hydrogens (tertiary/aromatic N) is 2. The Kier molecular flexibility index (Phi) is 6.93. The van der Waals surface area contributed by atoms with Crippen LogP contribution in [0.2, 0.25) is 0 Å². The molecule has 0 saturated carbocycles. The first-order valence-electron chi connectivity index (χ1n) is 11.6. The van der Waals surface area contributed by atoms with E-state index in [-0.39, 0.29) is 18.7 Å². The van der Waals surface area contributed by atoms with Crippen molar-refractivity contribution in [2.24, 2.45) is 0 Å². The SMILES string of the molecule is COC(=O)c1cc(OCc2ccccc2)c2c(C=O)cn(C[C@H]3[C@H](C(=O)O)N3C(=O)OC(C)(C)C)c2c1. The number of aliphatic carboxylic acids is 1. The number of carbonyl (C=O) groups is 4. The maximum atomic E-state index is 12.6. The number of ether oxygens (including phenoxy) is 3. The molecule has 0 unspecified atom stereocenters. The summed E-state index contributed by atoms with van der Waals surface area (Å²) < 4.78 is 17.9. The number of hydrogen-bond donors (Lipinski definition) is 1. The first-order valence-corrected chi connectivity index (χ1v) is 11.6. The highest BCUT2D eigenvalue weighted by Gasteiger charge is 2.57. The third-order valence-corrected chi connectivity index (χ3v) is 5.93. The van der Waals surface area contributed by atoms with E-state index in [2.05, 4.69) is 0 Å². The molecule has 1 saturated heterocycles. The van der Waals surface area contributed by atoms with Gasteiger partial charge in [-0.2, -0.15) is 0 Å². The molecule has 2 aromatic carbocycles. The highest BCUT2D eigenvalue weighted by molar-refractivity contribution is 6.05. The summed E-state index contributed by atoms with van der Waals surface area (Å²) in [6.45, 7) is 5.34. The first kappa shape index (κ1) is 25.7. The molecule has 1 N–H and O–H groups in total. The minimum Gasteiger partial charge on any atom is -0.488 e. The van der Waals surface area contributed by atoms with Gasteiger partial charge in [-0.15, -0.1) is 0 Å². The largest absolute Gasteiger partial charge is 0.488 e. The Morgan fingerprint density at radius 1 is 1.11 bits per heavy atom. The lowest BCUT2D eigenvalue weighted by Crippen LogP contribution is -2.29. The lowest BCUT2D eigenvalue weighted by Gasteiger charge is -2.20. The summed E-state index contributed by atoms with van der Waals surface area (Å²) in [7, 11) is 1.26. The molecular formula is C27H28N2O8. The predicted octanol–water partition coefficient (Wildman–Crippen LogP) is 3.89. The van der Waals surface area contributed by atoms with Gasteiger partial charge in [-0.05, 0) is 38.5 Å². The average Bonchev–Trinajstić information content (AvgIpc) is 3.47. The molecule has 1 aromatic heterocycles. The van der Waals surface area contributed by atoms with Gasteiger partial charge in [0, 0.05) is 18.3 Å². The fourth-order valence-electron chi connectivity index (χ4n) is 4.26. The zero-order valence-electron chi connectivity index (χ0n) is 21.0.